The molecule has 0 amide bonds. The van der Waals surface area contributed by atoms with Gasteiger partial charge in [0.2, 0.25) is 10.0 Å². The van der Waals surface area contributed by atoms with Gasteiger partial charge in [0, 0.05) is 15.4 Å². The van der Waals surface area contributed by atoms with Crippen molar-refractivity contribution < 1.29 is 12.8 Å². The Balaban J connectivity index is 1.74. The molecule has 0 aliphatic carbocycles. The Morgan fingerprint density at radius 1 is 1.14 bits per heavy atom. The van der Waals surface area contributed by atoms with Crippen LogP contribution in [0.3, 0.4) is 0 Å². The number of sulfonamides is 1. The van der Waals surface area contributed by atoms with Crippen LogP contribution in [0.4, 0.5) is 0 Å². The van der Waals surface area contributed by atoms with Gasteiger partial charge >= 0.3 is 0 Å². The Morgan fingerprint density at radius 3 is 2.68 bits per heavy atom. The van der Waals surface area contributed by atoms with Crippen LogP contribution in [0.25, 0.3) is 11.3 Å². The first-order valence-corrected chi connectivity index (χ1v) is 9.64. The molecular formula is C15H12BrNO3S2. The standard InChI is InChI=1S/C15H12BrNO3S2/c16-13-3-1-2-4-15(13)22(18,19)17-9-12-5-6-14(20-12)11-7-8-21-10-11/h1-8,10,17H,9H2. The molecule has 1 aromatic carbocycles. The second-order valence-electron chi connectivity index (χ2n) is 4.53. The minimum absolute atomic E-state index is 0.105. The van der Waals surface area contributed by atoms with E-state index in [1.807, 2.05) is 22.9 Å². The second kappa shape index (κ2) is 6.37. The minimum Gasteiger partial charge on any atom is -0.460 e. The highest BCUT2D eigenvalue weighted by Gasteiger charge is 2.17. The van der Waals surface area contributed by atoms with Gasteiger partial charge in [0.25, 0.3) is 0 Å². The zero-order valence-electron chi connectivity index (χ0n) is 11.3. The van der Waals surface area contributed by atoms with Crippen LogP contribution < -0.4 is 4.72 Å². The van der Waals surface area contributed by atoms with E-state index < -0.39 is 10.0 Å². The maximum atomic E-state index is 12.3. The monoisotopic (exact) mass is 397 g/mol. The van der Waals surface area contributed by atoms with E-state index in [1.54, 1.807) is 41.7 Å². The molecule has 0 saturated heterocycles. The number of thiophene rings is 1. The highest BCUT2D eigenvalue weighted by atomic mass is 79.9. The lowest BCUT2D eigenvalue weighted by Crippen LogP contribution is -2.23. The number of benzene rings is 1. The number of halogens is 1. The van der Waals surface area contributed by atoms with Gasteiger partial charge in [-0.1, -0.05) is 12.1 Å². The van der Waals surface area contributed by atoms with Crippen molar-refractivity contribution in [3.8, 4) is 11.3 Å². The Bertz CT molecular complexity index is 870. The molecule has 0 atom stereocenters. The zero-order chi connectivity index (χ0) is 15.6. The topological polar surface area (TPSA) is 59.3 Å². The molecule has 0 saturated carbocycles. The van der Waals surface area contributed by atoms with Crippen LogP contribution in [0, 0.1) is 0 Å². The molecule has 0 aliphatic rings. The average molecular weight is 398 g/mol. The van der Waals surface area contributed by atoms with E-state index >= 15 is 0 Å². The van der Waals surface area contributed by atoms with E-state index in [-0.39, 0.29) is 11.4 Å². The van der Waals surface area contributed by atoms with Crippen molar-refractivity contribution in [1.29, 1.82) is 0 Å². The Hall–Kier alpha value is -1.41. The molecule has 3 rings (SSSR count). The summed E-state index contributed by atoms with van der Waals surface area (Å²) < 4.78 is 33.3. The van der Waals surface area contributed by atoms with Crippen LogP contribution in [-0.2, 0) is 16.6 Å². The van der Waals surface area contributed by atoms with Crippen LogP contribution in [0.5, 0.6) is 0 Å². The Kier molecular flexibility index (Phi) is 4.49. The lowest BCUT2D eigenvalue weighted by atomic mass is 10.3. The van der Waals surface area contributed by atoms with Gasteiger partial charge in [-0.15, -0.1) is 0 Å². The van der Waals surface area contributed by atoms with Crippen molar-refractivity contribution in [1.82, 2.24) is 4.72 Å². The summed E-state index contributed by atoms with van der Waals surface area (Å²) in [5, 5.41) is 3.95. The van der Waals surface area contributed by atoms with Gasteiger partial charge in [-0.3, -0.25) is 0 Å². The molecule has 7 heteroatoms. The summed E-state index contributed by atoms with van der Waals surface area (Å²) in [5.74, 6) is 1.30. The number of furan rings is 1. The van der Waals surface area contributed by atoms with Crippen LogP contribution in [0.1, 0.15) is 5.76 Å². The van der Waals surface area contributed by atoms with Crippen molar-refractivity contribution in [2.75, 3.05) is 0 Å². The molecule has 2 heterocycles. The van der Waals surface area contributed by atoms with Crippen molar-refractivity contribution in [3.05, 3.63) is 63.5 Å². The molecule has 1 N–H and O–H groups in total. The molecule has 0 radical (unpaired) electrons. The molecule has 114 valence electrons. The van der Waals surface area contributed by atoms with Crippen LogP contribution in [0.15, 0.2) is 67.0 Å². The predicted octanol–water partition coefficient (Wildman–Crippen LogP) is 4.25. The third-order valence-corrected chi connectivity index (χ3v) is 6.13. The molecule has 4 nitrogen and oxygen atoms in total. The summed E-state index contributed by atoms with van der Waals surface area (Å²) in [6.07, 6.45) is 0. The van der Waals surface area contributed by atoms with E-state index in [0.717, 1.165) is 11.3 Å². The fraction of sp³-hybridized carbons (Fsp3) is 0.0667. The first-order chi connectivity index (χ1) is 10.6. The summed E-state index contributed by atoms with van der Waals surface area (Å²) in [5.41, 5.74) is 0.991. The number of nitrogens with one attached hydrogen (secondary N) is 1. The summed E-state index contributed by atoms with van der Waals surface area (Å²) in [7, 11) is -3.59. The first-order valence-electron chi connectivity index (χ1n) is 6.42. The number of hydrogen-bond acceptors (Lipinski definition) is 4. The highest BCUT2D eigenvalue weighted by molar-refractivity contribution is 9.10. The maximum Gasteiger partial charge on any atom is 0.242 e. The molecule has 0 fully saturated rings. The zero-order valence-corrected chi connectivity index (χ0v) is 14.5. The Morgan fingerprint density at radius 2 is 1.95 bits per heavy atom. The van der Waals surface area contributed by atoms with E-state index in [0.29, 0.717) is 10.2 Å². The third kappa shape index (κ3) is 3.33. The SMILES string of the molecule is O=S(=O)(NCc1ccc(-c2ccsc2)o1)c1ccccc1Br. The lowest BCUT2D eigenvalue weighted by Gasteiger charge is -2.07. The van der Waals surface area contributed by atoms with Crippen molar-refractivity contribution in [2.45, 2.75) is 11.4 Å². The maximum absolute atomic E-state index is 12.3. The van der Waals surface area contributed by atoms with E-state index in [2.05, 4.69) is 20.7 Å². The van der Waals surface area contributed by atoms with Crippen molar-refractivity contribution >= 4 is 37.3 Å². The average Bonchev–Trinajstić information content (AvgIpc) is 3.17. The summed E-state index contributed by atoms with van der Waals surface area (Å²) in [6.45, 7) is 0.105. The van der Waals surface area contributed by atoms with Gasteiger partial charge in [-0.2, -0.15) is 11.3 Å². The molecule has 0 unspecified atom stereocenters. The highest BCUT2D eigenvalue weighted by Crippen LogP contribution is 2.25. The largest absolute Gasteiger partial charge is 0.460 e. The quantitative estimate of drug-likeness (QED) is 0.699. The van der Waals surface area contributed by atoms with Gasteiger partial charge in [-0.05, 0) is 51.6 Å². The summed E-state index contributed by atoms with van der Waals surface area (Å²) in [6, 6.07) is 12.3. The van der Waals surface area contributed by atoms with Gasteiger partial charge in [0.15, 0.2) is 0 Å². The fourth-order valence-corrected chi connectivity index (χ4v) is 4.58. The molecule has 0 spiro atoms. The lowest BCUT2D eigenvalue weighted by molar-refractivity contribution is 0.509. The molecule has 22 heavy (non-hydrogen) atoms. The second-order valence-corrected chi connectivity index (χ2v) is 7.90. The minimum atomic E-state index is -3.59. The third-order valence-electron chi connectivity index (χ3n) is 3.03. The van der Waals surface area contributed by atoms with E-state index in [1.165, 1.54) is 0 Å². The normalized spacial score (nSPS) is 11.7. The molecular weight excluding hydrogens is 386 g/mol. The van der Waals surface area contributed by atoms with Crippen LogP contribution >= 0.6 is 27.3 Å². The number of hydrogen-bond donors (Lipinski definition) is 1. The molecule has 2 aromatic heterocycles. The van der Waals surface area contributed by atoms with Crippen molar-refractivity contribution in [3.63, 3.8) is 0 Å². The summed E-state index contributed by atoms with van der Waals surface area (Å²) >= 11 is 4.83. The van der Waals surface area contributed by atoms with E-state index in [4.69, 9.17) is 4.42 Å². The molecule has 0 bridgehead atoms. The van der Waals surface area contributed by atoms with Gasteiger partial charge < -0.3 is 4.42 Å². The molecule has 0 aliphatic heterocycles. The van der Waals surface area contributed by atoms with Gasteiger partial charge in [0.1, 0.15) is 11.5 Å². The number of rotatable bonds is 5. The van der Waals surface area contributed by atoms with Crippen LogP contribution in [-0.4, -0.2) is 8.42 Å². The molecule has 3 aromatic rings. The first kappa shape index (κ1) is 15.5. The van der Waals surface area contributed by atoms with Gasteiger partial charge in [0.05, 0.1) is 11.4 Å². The Labute approximate surface area is 141 Å². The fourth-order valence-electron chi connectivity index (χ4n) is 1.94. The smallest absolute Gasteiger partial charge is 0.242 e. The van der Waals surface area contributed by atoms with Crippen molar-refractivity contribution in [2.24, 2.45) is 0 Å². The predicted molar refractivity (Wildman–Crippen MR) is 90.2 cm³/mol. The van der Waals surface area contributed by atoms with Crippen LogP contribution in [0.2, 0.25) is 0 Å². The van der Waals surface area contributed by atoms with Gasteiger partial charge in [-0.25, -0.2) is 13.1 Å². The van der Waals surface area contributed by atoms with E-state index in [9.17, 15) is 8.42 Å². The summed E-state index contributed by atoms with van der Waals surface area (Å²) in [4.78, 5) is 0.208.